The number of anilines is 3. The Kier molecular flexibility index (Phi) is 6.88. The van der Waals surface area contributed by atoms with Crippen molar-refractivity contribution >= 4 is 28.5 Å². The van der Waals surface area contributed by atoms with Crippen LogP contribution in [0.3, 0.4) is 0 Å². The third-order valence-electron chi connectivity index (χ3n) is 6.67. The quantitative estimate of drug-likeness (QED) is 0.283. The van der Waals surface area contributed by atoms with Crippen LogP contribution in [0.15, 0.2) is 85.3 Å². The molecule has 7 nitrogen and oxygen atoms in total. The van der Waals surface area contributed by atoms with Crippen molar-refractivity contribution in [2.75, 3.05) is 17.3 Å². The normalized spacial score (nSPS) is 12.9. The lowest BCUT2D eigenvalue weighted by Crippen LogP contribution is -2.21. The number of rotatable bonds is 8. The van der Waals surface area contributed by atoms with Crippen LogP contribution in [0.1, 0.15) is 31.0 Å². The maximum Gasteiger partial charge on any atom is 0.224 e. The molecule has 7 heteroatoms. The first-order valence-electron chi connectivity index (χ1n) is 12.6. The van der Waals surface area contributed by atoms with Crippen LogP contribution >= 0.6 is 0 Å². The summed E-state index contributed by atoms with van der Waals surface area (Å²) in [7, 11) is 4.05. The Labute approximate surface area is 218 Å². The number of benzene rings is 3. The number of imidazole rings is 1. The molecule has 0 amide bonds. The number of nitrogens with two attached hydrogens (primary N) is 1. The Hall–Kier alpha value is -4.23. The molecule has 5 rings (SSSR count). The van der Waals surface area contributed by atoms with E-state index in [2.05, 4.69) is 87.8 Å². The number of nitrogens with zero attached hydrogens (tertiary/aromatic N) is 5. The predicted octanol–water partition coefficient (Wildman–Crippen LogP) is 5.86. The van der Waals surface area contributed by atoms with Gasteiger partial charge >= 0.3 is 0 Å². The molecule has 0 radical (unpaired) electrons. The summed E-state index contributed by atoms with van der Waals surface area (Å²) in [6.07, 6.45) is 4.51. The van der Waals surface area contributed by atoms with Crippen LogP contribution in [0.25, 0.3) is 22.2 Å². The molecule has 0 fully saturated rings. The van der Waals surface area contributed by atoms with Crippen molar-refractivity contribution in [1.82, 2.24) is 19.5 Å². The Morgan fingerprint density at radius 2 is 1.78 bits per heavy atom. The second-order valence-corrected chi connectivity index (χ2v) is 9.66. The fourth-order valence-corrected chi connectivity index (χ4v) is 4.61. The van der Waals surface area contributed by atoms with Crippen molar-refractivity contribution in [3.8, 4) is 11.1 Å². The highest BCUT2D eigenvalue weighted by Crippen LogP contribution is 2.34. The highest BCUT2D eigenvalue weighted by atomic mass is 15.2. The summed E-state index contributed by atoms with van der Waals surface area (Å²) in [4.78, 5) is 16.1. The van der Waals surface area contributed by atoms with Crippen molar-refractivity contribution in [2.45, 2.75) is 32.4 Å². The molecule has 0 spiro atoms. The Morgan fingerprint density at radius 1 is 0.973 bits per heavy atom. The number of aryl methyl sites for hydroxylation is 1. The first kappa shape index (κ1) is 24.5. The minimum Gasteiger partial charge on any atom is -0.351 e. The lowest BCUT2D eigenvalue weighted by Gasteiger charge is -2.21. The lowest BCUT2D eigenvalue weighted by molar-refractivity contribution is 0.768. The van der Waals surface area contributed by atoms with Gasteiger partial charge in [0.2, 0.25) is 5.95 Å². The van der Waals surface area contributed by atoms with Crippen molar-refractivity contribution in [1.29, 1.82) is 0 Å². The number of hydrogen-bond acceptors (Lipinski definition) is 6. The zero-order valence-electron chi connectivity index (χ0n) is 21.8. The number of hydrogen-bond donors (Lipinski definition) is 2. The van der Waals surface area contributed by atoms with Gasteiger partial charge in [0.25, 0.3) is 0 Å². The summed E-state index contributed by atoms with van der Waals surface area (Å²) in [6.45, 7) is 4.15. The molecule has 5 aromatic rings. The zero-order chi connectivity index (χ0) is 25.9. The fourth-order valence-electron chi connectivity index (χ4n) is 4.61. The summed E-state index contributed by atoms with van der Waals surface area (Å²) < 4.78 is 2.05. The van der Waals surface area contributed by atoms with Gasteiger partial charge in [0, 0.05) is 43.6 Å². The van der Waals surface area contributed by atoms with E-state index >= 15 is 0 Å². The van der Waals surface area contributed by atoms with Crippen molar-refractivity contribution < 1.29 is 0 Å². The van der Waals surface area contributed by atoms with E-state index in [1.807, 2.05) is 44.0 Å². The van der Waals surface area contributed by atoms with E-state index in [0.29, 0.717) is 5.95 Å². The van der Waals surface area contributed by atoms with E-state index in [1.54, 1.807) is 6.20 Å². The third-order valence-corrected chi connectivity index (χ3v) is 6.67. The highest BCUT2D eigenvalue weighted by Gasteiger charge is 2.15. The Bertz CT molecular complexity index is 1510. The van der Waals surface area contributed by atoms with Gasteiger partial charge in [0.1, 0.15) is 5.82 Å². The van der Waals surface area contributed by atoms with Gasteiger partial charge in [-0.25, -0.2) is 9.97 Å². The molecule has 0 aliphatic carbocycles. The highest BCUT2D eigenvalue weighted by molar-refractivity contribution is 5.95. The largest absolute Gasteiger partial charge is 0.351 e. The molecule has 0 aliphatic rings. The molecule has 3 aromatic carbocycles. The molecule has 0 bridgehead atoms. The fraction of sp³-hybridized carbons (Fsp3) is 0.233. The van der Waals surface area contributed by atoms with Crippen LogP contribution in [0.4, 0.5) is 17.5 Å². The molecule has 0 unspecified atom stereocenters. The lowest BCUT2D eigenvalue weighted by atomic mass is 10.0. The minimum absolute atomic E-state index is 0.0201. The maximum absolute atomic E-state index is 6.06. The Balaban J connectivity index is 1.40. The van der Waals surface area contributed by atoms with Crippen LogP contribution < -0.4 is 16.0 Å². The van der Waals surface area contributed by atoms with Gasteiger partial charge < -0.3 is 20.5 Å². The van der Waals surface area contributed by atoms with E-state index < -0.39 is 0 Å². The smallest absolute Gasteiger partial charge is 0.224 e. The van der Waals surface area contributed by atoms with Crippen LogP contribution in [0, 0.1) is 0 Å². The molecule has 0 saturated heterocycles. The van der Waals surface area contributed by atoms with E-state index in [9.17, 15) is 0 Å². The molecule has 3 N–H and O–H groups in total. The van der Waals surface area contributed by atoms with Crippen molar-refractivity contribution in [2.24, 2.45) is 12.8 Å². The molecule has 0 saturated carbocycles. The number of aromatic nitrogens is 4. The third kappa shape index (κ3) is 5.32. The summed E-state index contributed by atoms with van der Waals surface area (Å²) >= 11 is 0. The summed E-state index contributed by atoms with van der Waals surface area (Å²) in [5, 5.41) is 3.46. The van der Waals surface area contributed by atoms with Gasteiger partial charge in [-0.05, 0) is 55.2 Å². The van der Waals surface area contributed by atoms with Crippen LogP contribution in [0.2, 0.25) is 0 Å². The number of fused-ring (bicyclic) bond motifs is 1. The van der Waals surface area contributed by atoms with Gasteiger partial charge in [-0.3, -0.25) is 0 Å². The average molecular weight is 492 g/mol. The standard InChI is InChI=1S/C30H33N7/c1-20(15-22-9-8-12-24(16-22)21(2)31)34-30-32-14-13-28(35-30)37(4)25-17-26(23-10-6-5-7-11-23)29-27(18-25)36(3)19-33-29/h5-14,16-21H,15,31H2,1-4H3,(H,32,34,35)/t20-,21-/m0/s1. The first-order valence-corrected chi connectivity index (χ1v) is 12.6. The topological polar surface area (TPSA) is 84.9 Å². The van der Waals surface area contributed by atoms with Crippen LogP contribution in [0.5, 0.6) is 0 Å². The van der Waals surface area contributed by atoms with Crippen LogP contribution in [-0.2, 0) is 13.5 Å². The summed E-state index contributed by atoms with van der Waals surface area (Å²) in [5.74, 6) is 1.41. The SMILES string of the molecule is C[C@H](N)c1cccc(C[C@H](C)Nc2nccc(N(C)c3cc(-c4ccccc4)c4ncn(C)c4c3)n2)c1. The molecule has 2 heterocycles. The molecular weight excluding hydrogens is 458 g/mol. The van der Waals surface area contributed by atoms with E-state index in [1.165, 1.54) is 5.56 Å². The molecule has 188 valence electrons. The van der Waals surface area contributed by atoms with Crippen molar-refractivity contribution in [3.05, 3.63) is 96.4 Å². The Morgan fingerprint density at radius 3 is 2.57 bits per heavy atom. The first-order chi connectivity index (χ1) is 17.9. The van der Waals surface area contributed by atoms with Gasteiger partial charge in [-0.1, -0.05) is 54.6 Å². The molecular formula is C30H33N7. The summed E-state index contributed by atoms with van der Waals surface area (Å²) in [6, 6.07) is 25.2. The van der Waals surface area contributed by atoms with Crippen LogP contribution in [-0.4, -0.2) is 32.6 Å². The summed E-state index contributed by atoms with van der Waals surface area (Å²) in [5.41, 5.74) is 13.7. The second-order valence-electron chi connectivity index (χ2n) is 9.66. The van der Waals surface area contributed by atoms with Gasteiger partial charge in [0.05, 0.1) is 17.4 Å². The molecule has 2 aromatic heterocycles. The molecule has 2 atom stereocenters. The second kappa shape index (κ2) is 10.4. The van der Waals surface area contributed by atoms with E-state index in [4.69, 9.17) is 10.7 Å². The minimum atomic E-state index is 0.0201. The zero-order valence-corrected chi connectivity index (χ0v) is 21.8. The predicted molar refractivity (Wildman–Crippen MR) is 152 cm³/mol. The molecule has 37 heavy (non-hydrogen) atoms. The number of nitrogens with one attached hydrogen (secondary N) is 1. The monoisotopic (exact) mass is 491 g/mol. The van der Waals surface area contributed by atoms with Gasteiger partial charge in [0.15, 0.2) is 0 Å². The van der Waals surface area contributed by atoms with Crippen molar-refractivity contribution in [3.63, 3.8) is 0 Å². The van der Waals surface area contributed by atoms with E-state index in [-0.39, 0.29) is 12.1 Å². The average Bonchev–Trinajstić information content (AvgIpc) is 3.29. The maximum atomic E-state index is 6.06. The van der Waals surface area contributed by atoms with Gasteiger partial charge in [-0.2, -0.15) is 4.98 Å². The van der Waals surface area contributed by atoms with Gasteiger partial charge in [-0.15, -0.1) is 0 Å². The van der Waals surface area contributed by atoms with E-state index in [0.717, 1.165) is 45.6 Å². The molecule has 0 aliphatic heterocycles.